The van der Waals surface area contributed by atoms with Gasteiger partial charge in [-0.2, -0.15) is 9.97 Å². The number of nitrogens with two attached hydrogens (primary N) is 1. The molecule has 0 fully saturated rings. The van der Waals surface area contributed by atoms with E-state index < -0.39 is 0 Å². The quantitative estimate of drug-likeness (QED) is 0.770. The molecule has 0 spiro atoms. The van der Waals surface area contributed by atoms with Crippen LogP contribution in [-0.4, -0.2) is 19.9 Å². The van der Waals surface area contributed by atoms with Crippen LogP contribution in [0.3, 0.4) is 0 Å². The molecule has 21 heavy (non-hydrogen) atoms. The van der Waals surface area contributed by atoms with Crippen LogP contribution in [0.1, 0.15) is 30.9 Å². The van der Waals surface area contributed by atoms with Crippen molar-refractivity contribution in [3.63, 3.8) is 0 Å². The molecule has 6 nitrogen and oxygen atoms in total. The minimum atomic E-state index is 0.139. The Hall–Kier alpha value is -2.63. The maximum absolute atomic E-state index is 5.84. The third kappa shape index (κ3) is 2.52. The van der Waals surface area contributed by atoms with Gasteiger partial charge >= 0.3 is 0 Å². The minimum absolute atomic E-state index is 0.139. The summed E-state index contributed by atoms with van der Waals surface area (Å²) in [5.74, 6) is 1.71. The van der Waals surface area contributed by atoms with E-state index in [9.17, 15) is 0 Å². The molecular weight excluding hydrogens is 266 g/mol. The Balaban J connectivity index is 1.99. The second-order valence-corrected chi connectivity index (χ2v) is 5.26. The lowest BCUT2D eigenvalue weighted by Gasteiger charge is -2.12. The predicted octanol–water partition coefficient (Wildman–Crippen LogP) is 3.16. The molecule has 2 aromatic heterocycles. The molecule has 0 aliphatic carbocycles. The predicted molar refractivity (Wildman–Crippen MR) is 81.4 cm³/mol. The largest absolute Gasteiger partial charge is 0.437 e. The molecule has 0 aliphatic rings. The van der Waals surface area contributed by atoms with Crippen molar-refractivity contribution in [2.24, 2.45) is 0 Å². The van der Waals surface area contributed by atoms with Crippen molar-refractivity contribution < 1.29 is 4.74 Å². The van der Waals surface area contributed by atoms with Crippen molar-refractivity contribution in [1.29, 1.82) is 0 Å². The molecule has 108 valence electrons. The number of aromatic amines is 1. The van der Waals surface area contributed by atoms with Gasteiger partial charge in [-0.15, -0.1) is 0 Å². The molecule has 0 aliphatic heterocycles. The van der Waals surface area contributed by atoms with Gasteiger partial charge in [0.25, 0.3) is 5.88 Å². The van der Waals surface area contributed by atoms with Gasteiger partial charge in [0.2, 0.25) is 5.95 Å². The van der Waals surface area contributed by atoms with Crippen molar-refractivity contribution in [3.8, 4) is 11.6 Å². The molecule has 3 aromatic rings. The Morgan fingerprint density at radius 3 is 2.76 bits per heavy atom. The fourth-order valence-corrected chi connectivity index (χ4v) is 2.37. The molecule has 2 heterocycles. The van der Waals surface area contributed by atoms with Gasteiger partial charge in [0.15, 0.2) is 5.65 Å². The fraction of sp³-hybridized carbons (Fsp3) is 0.267. The van der Waals surface area contributed by atoms with Gasteiger partial charge in [0, 0.05) is 0 Å². The van der Waals surface area contributed by atoms with E-state index in [1.165, 1.54) is 11.1 Å². The van der Waals surface area contributed by atoms with Crippen molar-refractivity contribution in [3.05, 3.63) is 35.7 Å². The molecule has 0 saturated heterocycles. The van der Waals surface area contributed by atoms with Gasteiger partial charge in [-0.05, 0) is 36.1 Å². The lowest BCUT2D eigenvalue weighted by molar-refractivity contribution is 0.467. The number of hydrogen-bond acceptors (Lipinski definition) is 5. The molecule has 3 N–H and O–H groups in total. The number of nitrogen functional groups attached to an aromatic ring is 1. The highest BCUT2D eigenvalue weighted by Gasteiger charge is 2.12. The van der Waals surface area contributed by atoms with E-state index in [1.54, 1.807) is 6.33 Å². The number of imidazole rings is 1. The molecule has 0 bridgehead atoms. The zero-order valence-electron chi connectivity index (χ0n) is 12.2. The number of hydrogen-bond donors (Lipinski definition) is 2. The molecule has 0 unspecified atom stereocenters. The van der Waals surface area contributed by atoms with E-state index in [0.717, 1.165) is 0 Å². The Bertz CT molecular complexity index is 794. The number of fused-ring (bicyclic) bond motifs is 1. The maximum atomic E-state index is 5.84. The zero-order chi connectivity index (χ0) is 15.0. The van der Waals surface area contributed by atoms with Crippen LogP contribution in [-0.2, 0) is 0 Å². The number of rotatable bonds is 3. The number of ether oxygens (including phenoxy) is 1. The third-order valence-corrected chi connectivity index (χ3v) is 3.35. The summed E-state index contributed by atoms with van der Waals surface area (Å²) in [6.45, 7) is 6.41. The number of aromatic nitrogens is 4. The van der Waals surface area contributed by atoms with E-state index in [1.807, 2.05) is 12.1 Å². The number of H-pyrrole nitrogens is 1. The molecule has 0 radical (unpaired) electrons. The van der Waals surface area contributed by atoms with E-state index in [2.05, 4.69) is 46.8 Å². The van der Waals surface area contributed by atoms with Gasteiger partial charge in [-0.25, -0.2) is 4.98 Å². The summed E-state index contributed by atoms with van der Waals surface area (Å²) in [5.41, 5.74) is 9.29. The molecule has 1 aromatic carbocycles. The van der Waals surface area contributed by atoms with Crippen LogP contribution in [0.15, 0.2) is 24.5 Å². The fourth-order valence-electron chi connectivity index (χ4n) is 2.37. The molecule has 0 amide bonds. The summed E-state index contributed by atoms with van der Waals surface area (Å²) in [4.78, 5) is 15.2. The van der Waals surface area contributed by atoms with Crippen molar-refractivity contribution in [2.75, 3.05) is 5.73 Å². The minimum Gasteiger partial charge on any atom is -0.437 e. The third-order valence-electron chi connectivity index (χ3n) is 3.35. The van der Waals surface area contributed by atoms with E-state index >= 15 is 0 Å². The van der Waals surface area contributed by atoms with Crippen LogP contribution in [0.4, 0.5) is 5.95 Å². The van der Waals surface area contributed by atoms with Crippen molar-refractivity contribution >= 4 is 17.1 Å². The summed E-state index contributed by atoms with van der Waals surface area (Å²) in [5, 5.41) is 0. The number of anilines is 1. The average molecular weight is 283 g/mol. The van der Waals surface area contributed by atoms with Crippen LogP contribution in [0.5, 0.6) is 11.6 Å². The number of aryl methyl sites for hydroxylation is 1. The molecule has 0 atom stereocenters. The Kier molecular flexibility index (Phi) is 3.21. The van der Waals surface area contributed by atoms with Gasteiger partial charge in [0.05, 0.1) is 6.33 Å². The standard InChI is InChI=1S/C15H17N5O/c1-8(2)11-5-4-10(6-9(11)3)21-14-12-13(18-7-17-12)19-15(16)20-14/h4-8H,1-3H3,(H3,16,17,18,19,20). The van der Waals surface area contributed by atoms with E-state index in [0.29, 0.717) is 28.7 Å². The maximum Gasteiger partial charge on any atom is 0.250 e. The van der Waals surface area contributed by atoms with Crippen LogP contribution in [0, 0.1) is 6.92 Å². The first-order chi connectivity index (χ1) is 10.0. The Morgan fingerprint density at radius 1 is 1.24 bits per heavy atom. The first-order valence-electron chi connectivity index (χ1n) is 6.79. The monoisotopic (exact) mass is 283 g/mol. The first-order valence-corrected chi connectivity index (χ1v) is 6.79. The van der Waals surface area contributed by atoms with Crippen LogP contribution >= 0.6 is 0 Å². The van der Waals surface area contributed by atoms with Gasteiger partial charge in [0.1, 0.15) is 11.3 Å². The van der Waals surface area contributed by atoms with E-state index in [4.69, 9.17) is 10.5 Å². The Labute approximate surface area is 122 Å². The summed E-state index contributed by atoms with van der Waals surface area (Å²) in [6, 6.07) is 6.00. The normalized spacial score (nSPS) is 11.2. The van der Waals surface area contributed by atoms with Gasteiger partial charge in [-0.1, -0.05) is 19.9 Å². The molecule has 3 rings (SSSR count). The summed E-state index contributed by atoms with van der Waals surface area (Å²) in [7, 11) is 0. The molecule has 0 saturated carbocycles. The highest BCUT2D eigenvalue weighted by molar-refractivity contribution is 5.77. The first kappa shape index (κ1) is 13.4. The zero-order valence-corrected chi connectivity index (χ0v) is 12.2. The van der Waals surface area contributed by atoms with Crippen LogP contribution in [0.25, 0.3) is 11.2 Å². The highest BCUT2D eigenvalue weighted by atomic mass is 16.5. The highest BCUT2D eigenvalue weighted by Crippen LogP contribution is 2.29. The van der Waals surface area contributed by atoms with Gasteiger partial charge in [-0.3, -0.25) is 0 Å². The number of nitrogens with zero attached hydrogens (tertiary/aromatic N) is 3. The average Bonchev–Trinajstić information content (AvgIpc) is 2.86. The van der Waals surface area contributed by atoms with Crippen LogP contribution < -0.4 is 10.5 Å². The second kappa shape index (κ2) is 5.05. The van der Waals surface area contributed by atoms with E-state index in [-0.39, 0.29) is 5.95 Å². The number of benzene rings is 1. The topological polar surface area (TPSA) is 89.7 Å². The number of nitrogens with one attached hydrogen (secondary N) is 1. The smallest absolute Gasteiger partial charge is 0.250 e. The molecule has 6 heteroatoms. The van der Waals surface area contributed by atoms with Crippen molar-refractivity contribution in [1.82, 2.24) is 19.9 Å². The summed E-state index contributed by atoms with van der Waals surface area (Å²) >= 11 is 0. The SMILES string of the molecule is Cc1cc(Oc2nc(N)nc3nc[nH]c23)ccc1C(C)C. The van der Waals surface area contributed by atoms with Crippen LogP contribution in [0.2, 0.25) is 0 Å². The lowest BCUT2D eigenvalue weighted by atomic mass is 9.98. The summed E-state index contributed by atoms with van der Waals surface area (Å²) in [6.07, 6.45) is 1.54. The molecular formula is C15H17N5O. The summed E-state index contributed by atoms with van der Waals surface area (Å²) < 4.78 is 5.84. The second-order valence-electron chi connectivity index (χ2n) is 5.26. The van der Waals surface area contributed by atoms with Gasteiger partial charge < -0.3 is 15.5 Å². The van der Waals surface area contributed by atoms with Crippen molar-refractivity contribution in [2.45, 2.75) is 26.7 Å². The lowest BCUT2D eigenvalue weighted by Crippen LogP contribution is -1.99. The Morgan fingerprint density at radius 2 is 2.05 bits per heavy atom.